The Morgan fingerprint density at radius 1 is 1.19 bits per heavy atom. The lowest BCUT2D eigenvalue weighted by Gasteiger charge is -2.49. The number of aliphatic hydroxyl groups excluding tert-OH is 1. The van der Waals surface area contributed by atoms with E-state index in [1.165, 1.54) is 16.7 Å². The first kappa shape index (κ1) is 18.7. The molecule has 0 spiro atoms. The van der Waals surface area contributed by atoms with Crippen LogP contribution in [0.1, 0.15) is 25.3 Å². The number of fused-ring (bicyclic) bond motifs is 1. The smallest absolute Gasteiger partial charge is 0.322 e. The van der Waals surface area contributed by atoms with Crippen molar-refractivity contribution in [3.8, 4) is 0 Å². The fraction of sp³-hybridized carbons (Fsp3) is 0.471. The number of thioether (sulfide) groups is 1. The highest BCUT2D eigenvalue weighted by molar-refractivity contribution is 8.01. The Morgan fingerprint density at radius 2 is 1.81 bits per heavy atom. The minimum Gasteiger partial charge on any atom is -0.480 e. The first-order valence-corrected chi connectivity index (χ1v) is 8.97. The van der Waals surface area contributed by atoms with Gasteiger partial charge in [0.15, 0.2) is 5.92 Å². The average molecular weight is 380 g/mol. The van der Waals surface area contributed by atoms with Crippen molar-refractivity contribution < 1.29 is 29.7 Å². The number of aliphatic hydroxyl groups is 1. The second kappa shape index (κ2) is 6.57. The van der Waals surface area contributed by atoms with Crippen LogP contribution < -0.4 is 5.32 Å². The van der Waals surface area contributed by atoms with E-state index >= 15 is 0 Å². The van der Waals surface area contributed by atoms with Crippen molar-refractivity contribution in [3.63, 3.8) is 0 Å². The maximum Gasteiger partial charge on any atom is 0.322 e. The van der Waals surface area contributed by atoms with Gasteiger partial charge in [-0.3, -0.25) is 14.4 Å². The third-order valence-electron chi connectivity index (χ3n) is 4.79. The summed E-state index contributed by atoms with van der Waals surface area (Å²) in [5, 5.41) is 31.4. The van der Waals surface area contributed by atoms with Gasteiger partial charge in [0.1, 0.15) is 12.3 Å². The molecule has 9 heteroatoms. The second-order valence-corrected chi connectivity index (χ2v) is 8.70. The number of amides is 1. The van der Waals surface area contributed by atoms with E-state index < -0.39 is 52.2 Å². The summed E-state index contributed by atoms with van der Waals surface area (Å²) in [6, 6.07) is 6.49. The molecule has 0 saturated carbocycles. The van der Waals surface area contributed by atoms with Gasteiger partial charge >= 0.3 is 11.9 Å². The molecule has 4 N–H and O–H groups in total. The number of carbonyl (C=O) groups excluding carboxylic acids is 1. The number of rotatable bonds is 5. The molecule has 2 saturated heterocycles. The Morgan fingerprint density at radius 3 is 2.35 bits per heavy atom. The number of carboxylic acid groups (broad SMARTS) is 2. The van der Waals surface area contributed by atoms with Gasteiger partial charge in [0.25, 0.3) is 0 Å². The van der Waals surface area contributed by atoms with Crippen molar-refractivity contribution in [1.82, 2.24) is 10.2 Å². The largest absolute Gasteiger partial charge is 0.480 e. The fourth-order valence-corrected chi connectivity index (χ4v) is 5.30. The molecule has 2 heterocycles. The number of carbonyl (C=O) groups is 3. The van der Waals surface area contributed by atoms with Crippen molar-refractivity contribution in [2.45, 2.75) is 48.2 Å². The molecule has 2 fully saturated rings. The zero-order chi connectivity index (χ0) is 19.2. The van der Waals surface area contributed by atoms with E-state index in [1.807, 2.05) is 0 Å². The molecule has 2 aliphatic heterocycles. The van der Waals surface area contributed by atoms with Crippen LogP contribution in [0.2, 0.25) is 0 Å². The van der Waals surface area contributed by atoms with Crippen molar-refractivity contribution in [1.29, 1.82) is 0 Å². The predicted molar refractivity (Wildman–Crippen MR) is 93.5 cm³/mol. The summed E-state index contributed by atoms with van der Waals surface area (Å²) in [7, 11) is 0. The summed E-state index contributed by atoms with van der Waals surface area (Å²) in [4.78, 5) is 37.1. The van der Waals surface area contributed by atoms with E-state index in [0.717, 1.165) is 0 Å². The van der Waals surface area contributed by atoms with Crippen LogP contribution in [0.4, 0.5) is 0 Å². The number of hydrogen-bond acceptors (Lipinski definition) is 6. The van der Waals surface area contributed by atoms with Crippen LogP contribution >= 0.6 is 11.8 Å². The molecule has 0 unspecified atom stereocenters. The Hall–Kier alpha value is -2.10. The third-order valence-corrected chi connectivity index (χ3v) is 6.40. The predicted octanol–water partition coefficient (Wildman–Crippen LogP) is 0.278. The van der Waals surface area contributed by atoms with Gasteiger partial charge in [-0.05, 0) is 19.4 Å². The number of nitrogens with one attached hydrogen (secondary N) is 1. The molecule has 2 aliphatic rings. The monoisotopic (exact) mass is 380 g/mol. The quantitative estimate of drug-likeness (QED) is 0.537. The first-order chi connectivity index (χ1) is 12.1. The summed E-state index contributed by atoms with van der Waals surface area (Å²) in [5.41, 5.74) is 0.339. The van der Waals surface area contributed by atoms with E-state index in [2.05, 4.69) is 5.32 Å². The van der Waals surface area contributed by atoms with Crippen LogP contribution in [0.3, 0.4) is 0 Å². The summed E-state index contributed by atoms with van der Waals surface area (Å²) < 4.78 is -0.650. The molecule has 0 aliphatic carbocycles. The maximum absolute atomic E-state index is 12.6. The fourth-order valence-electron chi connectivity index (χ4n) is 3.61. The standard InChI is InChI=1S/C17H20N2O6S/c1-17(2)11(16(24)25)19-13(21)10(14(19)26-17)18-12(20)9(15(22)23)8-6-4-3-5-7-8/h3-7,9-11,13-14,21H,1-2H3,(H,18,20)(H,22,23)(H,24,25)/t9-,10-,11+,13-,14-/m1/s1. The number of carboxylic acids is 2. The van der Waals surface area contributed by atoms with Gasteiger partial charge in [0, 0.05) is 4.75 Å². The number of benzene rings is 1. The highest BCUT2D eigenvalue weighted by atomic mass is 32.2. The Labute approximate surface area is 154 Å². The van der Waals surface area contributed by atoms with Crippen LogP contribution in [-0.2, 0) is 14.4 Å². The van der Waals surface area contributed by atoms with Crippen LogP contribution in [0.5, 0.6) is 0 Å². The maximum atomic E-state index is 12.6. The SMILES string of the molecule is CC1(C)S[C@@H]2[C@H](NC(=O)[C@H](C(=O)O)c3ccccc3)[C@@H](O)N2[C@H]1C(=O)O. The summed E-state index contributed by atoms with van der Waals surface area (Å²) >= 11 is 1.35. The minimum atomic E-state index is -1.40. The normalized spacial score (nSPS) is 30.7. The van der Waals surface area contributed by atoms with Crippen LogP contribution in [0.25, 0.3) is 0 Å². The van der Waals surface area contributed by atoms with Crippen molar-refractivity contribution in [2.24, 2.45) is 0 Å². The molecule has 8 nitrogen and oxygen atoms in total. The molecule has 3 rings (SSSR count). The van der Waals surface area contributed by atoms with Crippen LogP contribution in [-0.4, -0.2) is 66.5 Å². The molecule has 0 radical (unpaired) electrons. The number of nitrogens with zero attached hydrogens (tertiary/aromatic N) is 1. The molecular weight excluding hydrogens is 360 g/mol. The topological polar surface area (TPSA) is 127 Å². The van der Waals surface area contributed by atoms with Crippen molar-refractivity contribution in [3.05, 3.63) is 35.9 Å². The van der Waals surface area contributed by atoms with E-state index in [0.29, 0.717) is 5.56 Å². The third kappa shape index (κ3) is 2.95. The second-order valence-electron chi connectivity index (χ2n) is 6.93. The molecule has 1 amide bonds. The zero-order valence-electron chi connectivity index (χ0n) is 14.2. The van der Waals surface area contributed by atoms with E-state index in [-0.39, 0.29) is 0 Å². The summed E-state index contributed by atoms with van der Waals surface area (Å²) in [6.07, 6.45) is -1.18. The Bertz CT molecular complexity index is 740. The number of hydrogen-bond donors (Lipinski definition) is 4. The van der Waals surface area contributed by atoms with Gasteiger partial charge in [0.05, 0.1) is 11.4 Å². The van der Waals surface area contributed by atoms with Crippen LogP contribution in [0, 0.1) is 0 Å². The molecule has 26 heavy (non-hydrogen) atoms. The molecular formula is C17H20N2O6S. The Balaban J connectivity index is 1.77. The van der Waals surface area contributed by atoms with Gasteiger partial charge in [-0.15, -0.1) is 11.8 Å². The van der Waals surface area contributed by atoms with E-state index in [1.54, 1.807) is 44.2 Å². The minimum absolute atomic E-state index is 0.339. The lowest BCUT2D eigenvalue weighted by Crippen LogP contribution is -2.73. The molecule has 0 aromatic heterocycles. The molecule has 140 valence electrons. The first-order valence-electron chi connectivity index (χ1n) is 8.09. The molecule has 5 atom stereocenters. The summed E-state index contributed by atoms with van der Waals surface area (Å²) in [6.45, 7) is 3.54. The number of aliphatic carboxylic acids is 2. The van der Waals surface area contributed by atoms with Crippen LogP contribution in [0.15, 0.2) is 30.3 Å². The lowest BCUT2D eigenvalue weighted by atomic mass is 9.93. The van der Waals surface area contributed by atoms with Gasteiger partial charge in [0.2, 0.25) is 5.91 Å². The average Bonchev–Trinajstić information content (AvgIpc) is 2.82. The van der Waals surface area contributed by atoms with E-state index in [4.69, 9.17) is 0 Å². The van der Waals surface area contributed by atoms with E-state index in [9.17, 15) is 29.7 Å². The summed E-state index contributed by atoms with van der Waals surface area (Å²) in [5.74, 6) is -4.46. The highest BCUT2D eigenvalue weighted by Crippen LogP contribution is 2.52. The van der Waals surface area contributed by atoms with Gasteiger partial charge in [-0.2, -0.15) is 0 Å². The van der Waals surface area contributed by atoms with Gasteiger partial charge < -0.3 is 20.6 Å². The lowest BCUT2D eigenvalue weighted by molar-refractivity contribution is -0.170. The molecule has 0 bridgehead atoms. The zero-order valence-corrected chi connectivity index (χ0v) is 15.0. The molecule has 1 aromatic carbocycles. The highest BCUT2D eigenvalue weighted by Gasteiger charge is 2.64. The van der Waals surface area contributed by atoms with Crippen molar-refractivity contribution in [2.75, 3.05) is 0 Å². The molecule has 1 aromatic rings. The van der Waals surface area contributed by atoms with Gasteiger partial charge in [-0.1, -0.05) is 30.3 Å². The van der Waals surface area contributed by atoms with Crippen molar-refractivity contribution >= 4 is 29.6 Å². The Kier molecular flexibility index (Phi) is 4.72. The van der Waals surface area contributed by atoms with Gasteiger partial charge in [-0.25, -0.2) is 4.90 Å².